The van der Waals surface area contributed by atoms with Crippen LogP contribution < -0.4 is 26.6 Å². The monoisotopic (exact) mass is 630 g/mol. The van der Waals surface area contributed by atoms with E-state index in [2.05, 4.69) is 36.6 Å². The van der Waals surface area contributed by atoms with Crippen LogP contribution in [0.4, 0.5) is 15.3 Å². The minimum absolute atomic E-state index is 0.0688. The van der Waals surface area contributed by atoms with Crippen molar-refractivity contribution in [2.45, 2.75) is 101 Å². The van der Waals surface area contributed by atoms with E-state index in [9.17, 15) is 19.2 Å². The zero-order valence-electron chi connectivity index (χ0n) is 25.5. The number of benzene rings is 1. The number of fused-ring (bicyclic) bond motifs is 1. The predicted octanol–water partition coefficient (Wildman–Crippen LogP) is 4.58. The minimum atomic E-state index is -0.806. The summed E-state index contributed by atoms with van der Waals surface area (Å²) in [5.74, 6) is 0.731. The van der Waals surface area contributed by atoms with Crippen molar-refractivity contribution >= 4 is 41.4 Å². The number of nitrogens with zero attached hydrogens (tertiary/aromatic N) is 3. The highest BCUT2D eigenvalue weighted by molar-refractivity contribution is 8.00. The molecule has 2 heterocycles. The van der Waals surface area contributed by atoms with Crippen LogP contribution in [-0.2, 0) is 20.7 Å². The minimum Gasteiger partial charge on any atom is -0.450 e. The predicted molar refractivity (Wildman–Crippen MR) is 171 cm³/mol. The van der Waals surface area contributed by atoms with Gasteiger partial charge >= 0.3 is 12.1 Å². The third-order valence-electron chi connectivity index (χ3n) is 7.68. The average molecular weight is 631 g/mol. The SMILES string of the molecule is CCCCOC(=O)N[C@@H](Cc1ccc(N=[N+]=[N-])cc1)C(=O)NCCCCCCNC(=O)CCCC[C@@H]1SC[C@@H]2NC(=O)N[C@@H]21. The number of carbonyl (C=O) groups is 4. The summed E-state index contributed by atoms with van der Waals surface area (Å²) >= 11 is 1.90. The molecule has 44 heavy (non-hydrogen) atoms. The third-order valence-corrected chi connectivity index (χ3v) is 9.19. The number of thioether (sulfide) groups is 1. The molecule has 0 aliphatic carbocycles. The first kappa shape index (κ1) is 34.8. The van der Waals surface area contributed by atoms with E-state index in [0.29, 0.717) is 37.1 Å². The Balaban J connectivity index is 1.25. The van der Waals surface area contributed by atoms with Crippen molar-refractivity contribution in [1.82, 2.24) is 26.6 Å². The second-order valence-corrected chi connectivity index (χ2v) is 12.4. The number of carbonyl (C=O) groups excluding carboxylic acids is 4. The molecule has 5 N–H and O–H groups in total. The van der Waals surface area contributed by atoms with Gasteiger partial charge in [-0.05, 0) is 43.2 Å². The van der Waals surface area contributed by atoms with Crippen LogP contribution in [0.3, 0.4) is 0 Å². The number of nitrogens with one attached hydrogen (secondary N) is 5. The number of hydrogen-bond acceptors (Lipinski definition) is 7. The summed E-state index contributed by atoms with van der Waals surface area (Å²) in [4.78, 5) is 51.6. The molecular weight excluding hydrogens is 584 g/mol. The van der Waals surface area contributed by atoms with Crippen LogP contribution in [0.25, 0.3) is 10.4 Å². The molecule has 5 amide bonds. The van der Waals surface area contributed by atoms with Gasteiger partial charge in [-0.2, -0.15) is 11.8 Å². The number of rotatable bonds is 20. The Morgan fingerprint density at radius 2 is 1.80 bits per heavy atom. The van der Waals surface area contributed by atoms with Crippen molar-refractivity contribution < 1.29 is 23.9 Å². The van der Waals surface area contributed by atoms with Gasteiger partial charge in [-0.15, -0.1) is 0 Å². The number of hydrogen-bond donors (Lipinski definition) is 5. The first-order valence-electron chi connectivity index (χ1n) is 15.7. The van der Waals surface area contributed by atoms with Crippen molar-refractivity contribution in [3.63, 3.8) is 0 Å². The fourth-order valence-electron chi connectivity index (χ4n) is 5.22. The molecular formula is C30H46N8O5S. The van der Waals surface area contributed by atoms with Crippen molar-refractivity contribution in [1.29, 1.82) is 0 Å². The Bertz CT molecular complexity index is 1130. The molecule has 14 heteroatoms. The van der Waals surface area contributed by atoms with Crippen LogP contribution in [0.5, 0.6) is 0 Å². The van der Waals surface area contributed by atoms with Gasteiger partial charge in [0, 0.05) is 47.5 Å². The maximum atomic E-state index is 12.9. The molecule has 1 aromatic rings. The first-order chi connectivity index (χ1) is 21.4. The van der Waals surface area contributed by atoms with Gasteiger partial charge in [0.25, 0.3) is 0 Å². The molecule has 0 bridgehead atoms. The lowest BCUT2D eigenvalue weighted by molar-refractivity contribution is -0.123. The average Bonchev–Trinajstić information content (AvgIpc) is 3.56. The second-order valence-electron chi connectivity index (χ2n) is 11.2. The summed E-state index contributed by atoms with van der Waals surface area (Å²) in [6.45, 7) is 3.40. The molecule has 0 aromatic heterocycles. The zero-order chi connectivity index (χ0) is 31.6. The highest BCUT2D eigenvalue weighted by atomic mass is 32.2. The molecule has 0 unspecified atom stereocenters. The summed E-state index contributed by atoms with van der Waals surface area (Å²) < 4.78 is 5.18. The number of amides is 5. The molecule has 13 nitrogen and oxygen atoms in total. The highest BCUT2D eigenvalue weighted by Crippen LogP contribution is 2.33. The molecule has 3 rings (SSSR count). The van der Waals surface area contributed by atoms with E-state index < -0.39 is 12.1 Å². The van der Waals surface area contributed by atoms with Crippen LogP contribution in [0.2, 0.25) is 0 Å². The van der Waals surface area contributed by atoms with Gasteiger partial charge in [0.1, 0.15) is 6.04 Å². The van der Waals surface area contributed by atoms with E-state index in [1.807, 2.05) is 18.7 Å². The molecule has 242 valence electrons. The third kappa shape index (κ3) is 12.5. The lowest BCUT2D eigenvalue weighted by atomic mass is 10.0. The maximum absolute atomic E-state index is 12.9. The molecule has 2 fully saturated rings. The lowest BCUT2D eigenvalue weighted by Gasteiger charge is -2.18. The lowest BCUT2D eigenvalue weighted by Crippen LogP contribution is -2.48. The van der Waals surface area contributed by atoms with E-state index in [1.165, 1.54) is 0 Å². The van der Waals surface area contributed by atoms with Gasteiger partial charge in [-0.3, -0.25) is 9.59 Å². The number of unbranched alkanes of at least 4 members (excludes halogenated alkanes) is 5. The summed E-state index contributed by atoms with van der Waals surface area (Å²) in [5, 5.41) is 18.5. The largest absolute Gasteiger partial charge is 0.450 e. The van der Waals surface area contributed by atoms with Crippen LogP contribution in [0.15, 0.2) is 29.4 Å². The summed E-state index contributed by atoms with van der Waals surface area (Å²) in [5.41, 5.74) is 9.86. The van der Waals surface area contributed by atoms with Crippen LogP contribution in [0.1, 0.15) is 76.7 Å². The summed E-state index contributed by atoms with van der Waals surface area (Å²) in [6.07, 6.45) is 8.09. The molecule has 0 spiro atoms. The van der Waals surface area contributed by atoms with Crippen LogP contribution >= 0.6 is 11.8 Å². The van der Waals surface area contributed by atoms with Gasteiger partial charge in [0.15, 0.2) is 0 Å². The smallest absolute Gasteiger partial charge is 0.407 e. The van der Waals surface area contributed by atoms with Gasteiger partial charge in [-0.1, -0.05) is 62.0 Å². The summed E-state index contributed by atoms with van der Waals surface area (Å²) in [6, 6.07) is 6.40. The quantitative estimate of drug-likeness (QED) is 0.0461. The van der Waals surface area contributed by atoms with Crippen molar-refractivity contribution in [3.8, 4) is 0 Å². The molecule has 2 saturated heterocycles. The van der Waals surface area contributed by atoms with Crippen LogP contribution in [0, 0.1) is 0 Å². The van der Waals surface area contributed by atoms with Crippen molar-refractivity contribution in [2.24, 2.45) is 5.11 Å². The maximum Gasteiger partial charge on any atom is 0.407 e. The molecule has 0 saturated carbocycles. The van der Waals surface area contributed by atoms with E-state index in [0.717, 1.165) is 69.1 Å². The van der Waals surface area contributed by atoms with Crippen LogP contribution in [-0.4, -0.2) is 72.8 Å². The molecule has 2 aliphatic heterocycles. The Labute approximate surface area is 263 Å². The Hall–Kier alpha value is -3.64. The molecule has 2 aliphatic rings. The van der Waals surface area contributed by atoms with Gasteiger partial charge in [0.05, 0.1) is 18.7 Å². The van der Waals surface area contributed by atoms with Crippen molar-refractivity contribution in [2.75, 3.05) is 25.4 Å². The van der Waals surface area contributed by atoms with Gasteiger partial charge in [0.2, 0.25) is 11.8 Å². The fraction of sp³-hybridized carbons (Fsp3) is 0.667. The van der Waals surface area contributed by atoms with Gasteiger partial charge in [-0.25, -0.2) is 9.59 Å². The Morgan fingerprint density at radius 1 is 1.05 bits per heavy atom. The second kappa shape index (κ2) is 19.6. The fourth-order valence-corrected chi connectivity index (χ4v) is 6.76. The molecule has 0 radical (unpaired) electrons. The molecule has 4 atom stereocenters. The van der Waals surface area contributed by atoms with E-state index >= 15 is 0 Å². The van der Waals surface area contributed by atoms with E-state index in [-0.39, 0.29) is 36.3 Å². The number of urea groups is 1. The Morgan fingerprint density at radius 3 is 2.52 bits per heavy atom. The first-order valence-corrected chi connectivity index (χ1v) is 16.7. The molecule has 1 aromatic carbocycles. The van der Waals surface area contributed by atoms with E-state index in [4.69, 9.17) is 10.3 Å². The summed E-state index contributed by atoms with van der Waals surface area (Å²) in [7, 11) is 0. The van der Waals surface area contributed by atoms with Gasteiger partial charge < -0.3 is 31.3 Å². The number of alkyl carbamates (subject to hydrolysis) is 1. The number of ether oxygens (including phenoxy) is 1. The zero-order valence-corrected chi connectivity index (χ0v) is 26.3. The normalized spacial score (nSPS) is 19.1. The van der Waals surface area contributed by atoms with E-state index in [1.54, 1.807) is 24.3 Å². The Kier molecular flexibility index (Phi) is 15.5. The standard InChI is InChI=1S/C30H46N8O5S/c1-2-3-18-43-30(42)35-23(19-21-12-14-22(15-13-21)37-38-31)28(40)33-17-9-5-4-8-16-32-26(39)11-7-6-10-25-27-24(20-44-25)34-29(41)36-27/h12-15,23-25,27H,2-11,16-20H2,1H3,(H,32,39)(H,33,40)(H,35,42)(H2,34,36,41)/t23-,24-,25-,27-/m0/s1. The topological polar surface area (TPSA) is 186 Å². The van der Waals surface area contributed by atoms with Crippen molar-refractivity contribution in [3.05, 3.63) is 40.3 Å². The number of azide groups is 1. The highest BCUT2D eigenvalue weighted by Gasteiger charge is 2.42.